The van der Waals surface area contributed by atoms with Crippen LogP contribution in [0.25, 0.3) is 0 Å². The van der Waals surface area contributed by atoms with Crippen LogP contribution in [0, 0.1) is 5.92 Å². The maximum absolute atomic E-state index is 12.5. The molecule has 4 unspecified atom stereocenters. The fourth-order valence-corrected chi connectivity index (χ4v) is 2.49. The van der Waals surface area contributed by atoms with Gasteiger partial charge in [0.1, 0.15) is 18.1 Å². The highest BCUT2D eigenvalue weighted by Gasteiger charge is 2.32. The predicted molar refractivity (Wildman–Crippen MR) is 109 cm³/mol. The molecule has 176 valence electrons. The Morgan fingerprint density at radius 2 is 1.35 bits per heavy atom. The number of rotatable bonds is 14. The van der Waals surface area contributed by atoms with Gasteiger partial charge in [0.2, 0.25) is 17.7 Å². The smallest absolute Gasteiger partial charge is 0.326 e. The molecule has 0 aliphatic carbocycles. The van der Waals surface area contributed by atoms with Crippen molar-refractivity contribution in [1.82, 2.24) is 16.0 Å². The Balaban J connectivity index is 5.55. The van der Waals surface area contributed by atoms with Gasteiger partial charge in [0.25, 0.3) is 0 Å². The molecule has 0 saturated heterocycles. The SMILES string of the molecule is CC(C)C(NC(=O)C(CCC(=O)O)NC(=O)C(CC(=O)O)NC(=O)C(N)CS)C(=O)O. The molecule has 0 aromatic rings. The minimum absolute atomic E-state index is 0.0807. The predicted octanol–water partition coefficient (Wildman–Crippen LogP) is -2.22. The Bertz CT molecular complexity index is 701. The molecule has 0 heterocycles. The van der Waals surface area contributed by atoms with Gasteiger partial charge in [-0.05, 0) is 12.3 Å². The number of carbonyl (C=O) groups excluding carboxylic acids is 3. The van der Waals surface area contributed by atoms with E-state index < -0.39 is 85.0 Å². The highest BCUT2D eigenvalue weighted by atomic mass is 32.1. The van der Waals surface area contributed by atoms with Gasteiger partial charge in [-0.25, -0.2) is 4.79 Å². The summed E-state index contributed by atoms with van der Waals surface area (Å²) in [5.74, 6) is -7.54. The van der Waals surface area contributed by atoms with E-state index >= 15 is 0 Å². The van der Waals surface area contributed by atoms with Crippen molar-refractivity contribution in [2.24, 2.45) is 11.7 Å². The van der Waals surface area contributed by atoms with Gasteiger partial charge in [-0.3, -0.25) is 24.0 Å². The summed E-state index contributed by atoms with van der Waals surface area (Å²) in [6.07, 6.45) is -1.78. The number of carboxylic acids is 3. The number of carbonyl (C=O) groups is 6. The van der Waals surface area contributed by atoms with Gasteiger partial charge in [0, 0.05) is 12.2 Å². The third-order valence-electron chi connectivity index (χ3n) is 4.06. The summed E-state index contributed by atoms with van der Waals surface area (Å²) in [5.41, 5.74) is 5.49. The molecule has 0 rings (SSSR count). The molecule has 0 radical (unpaired) electrons. The molecule has 3 amide bonds. The number of hydrogen-bond donors (Lipinski definition) is 8. The van der Waals surface area contributed by atoms with E-state index in [4.69, 9.17) is 15.9 Å². The molecule has 0 fully saturated rings. The Morgan fingerprint density at radius 1 is 0.839 bits per heavy atom. The Labute approximate surface area is 183 Å². The normalized spacial score (nSPS) is 14.6. The van der Waals surface area contributed by atoms with Crippen LogP contribution in [0.3, 0.4) is 0 Å². The standard InChI is InChI=1S/C17H28N4O9S/c1-7(2)13(17(29)30)21-15(27)9(3-4-11(22)23)19-16(28)10(5-12(24)25)20-14(26)8(18)6-31/h7-10,13,31H,3-6,18H2,1-2H3,(H,19,28)(H,20,26)(H,21,27)(H,22,23)(H,24,25)(H,29,30). The molecule has 13 nitrogen and oxygen atoms in total. The minimum Gasteiger partial charge on any atom is -0.481 e. The molecule has 4 atom stereocenters. The second kappa shape index (κ2) is 13.4. The van der Waals surface area contributed by atoms with Crippen molar-refractivity contribution in [2.45, 2.75) is 57.3 Å². The number of nitrogens with two attached hydrogens (primary N) is 1. The molecule has 0 aliphatic rings. The van der Waals surface area contributed by atoms with Gasteiger partial charge in [0.05, 0.1) is 12.5 Å². The zero-order chi connectivity index (χ0) is 24.3. The van der Waals surface area contributed by atoms with Gasteiger partial charge in [-0.1, -0.05) is 13.8 Å². The van der Waals surface area contributed by atoms with Crippen LogP contribution in [0.2, 0.25) is 0 Å². The monoisotopic (exact) mass is 464 g/mol. The fraction of sp³-hybridized carbons (Fsp3) is 0.647. The van der Waals surface area contributed by atoms with Crippen LogP contribution in [0.5, 0.6) is 0 Å². The first-order valence-electron chi connectivity index (χ1n) is 9.24. The molecule has 0 aromatic heterocycles. The maximum atomic E-state index is 12.5. The fourth-order valence-electron chi connectivity index (χ4n) is 2.32. The van der Waals surface area contributed by atoms with E-state index in [0.717, 1.165) is 0 Å². The first-order chi connectivity index (χ1) is 14.3. The highest BCUT2D eigenvalue weighted by molar-refractivity contribution is 7.80. The van der Waals surface area contributed by atoms with E-state index in [2.05, 4.69) is 28.6 Å². The third kappa shape index (κ3) is 10.6. The lowest BCUT2D eigenvalue weighted by atomic mass is 10.0. The van der Waals surface area contributed by atoms with Crippen LogP contribution in [-0.4, -0.2) is 80.9 Å². The average molecular weight is 464 g/mol. The Hall–Kier alpha value is -2.87. The number of amides is 3. The quantitative estimate of drug-likeness (QED) is 0.129. The van der Waals surface area contributed by atoms with E-state index in [1.807, 2.05) is 0 Å². The van der Waals surface area contributed by atoms with Crippen molar-refractivity contribution in [1.29, 1.82) is 0 Å². The van der Waals surface area contributed by atoms with Crippen LogP contribution >= 0.6 is 12.6 Å². The summed E-state index contributed by atoms with van der Waals surface area (Å²) in [6.45, 7) is 3.07. The number of hydrogen-bond acceptors (Lipinski definition) is 8. The van der Waals surface area contributed by atoms with Crippen molar-refractivity contribution in [3.05, 3.63) is 0 Å². The van der Waals surface area contributed by atoms with Crippen molar-refractivity contribution in [2.75, 3.05) is 5.75 Å². The van der Waals surface area contributed by atoms with Crippen LogP contribution in [-0.2, 0) is 28.8 Å². The topological polar surface area (TPSA) is 225 Å². The lowest BCUT2D eigenvalue weighted by molar-refractivity contribution is -0.144. The van der Waals surface area contributed by atoms with Crippen LogP contribution in [0.15, 0.2) is 0 Å². The summed E-state index contributed by atoms with van der Waals surface area (Å²) < 4.78 is 0. The molecule has 0 aromatic carbocycles. The van der Waals surface area contributed by atoms with E-state index in [1.165, 1.54) is 13.8 Å². The van der Waals surface area contributed by atoms with Crippen LogP contribution in [0.4, 0.5) is 0 Å². The van der Waals surface area contributed by atoms with E-state index in [9.17, 15) is 33.9 Å². The second-order valence-electron chi connectivity index (χ2n) is 7.01. The molecular weight excluding hydrogens is 436 g/mol. The van der Waals surface area contributed by atoms with Crippen molar-refractivity contribution in [3.63, 3.8) is 0 Å². The maximum Gasteiger partial charge on any atom is 0.326 e. The third-order valence-corrected chi connectivity index (χ3v) is 4.45. The largest absolute Gasteiger partial charge is 0.481 e. The summed E-state index contributed by atoms with van der Waals surface area (Å²) >= 11 is 3.83. The molecule has 14 heteroatoms. The number of aliphatic carboxylic acids is 3. The molecule has 0 spiro atoms. The molecule has 0 bridgehead atoms. The molecule has 8 N–H and O–H groups in total. The number of thiol groups is 1. The van der Waals surface area contributed by atoms with Gasteiger partial charge < -0.3 is 37.0 Å². The molecule has 31 heavy (non-hydrogen) atoms. The van der Waals surface area contributed by atoms with Crippen molar-refractivity contribution < 1.29 is 44.1 Å². The van der Waals surface area contributed by atoms with Gasteiger partial charge >= 0.3 is 17.9 Å². The first kappa shape index (κ1) is 28.1. The van der Waals surface area contributed by atoms with Gasteiger partial charge in [-0.15, -0.1) is 0 Å². The summed E-state index contributed by atoms with van der Waals surface area (Å²) in [4.78, 5) is 70.2. The number of nitrogens with one attached hydrogen (secondary N) is 3. The average Bonchev–Trinajstić information content (AvgIpc) is 2.66. The van der Waals surface area contributed by atoms with Crippen LogP contribution in [0.1, 0.15) is 33.1 Å². The summed E-state index contributed by atoms with van der Waals surface area (Å²) in [5, 5.41) is 33.6. The highest BCUT2D eigenvalue weighted by Crippen LogP contribution is 2.06. The van der Waals surface area contributed by atoms with E-state index in [0.29, 0.717) is 0 Å². The first-order valence-corrected chi connectivity index (χ1v) is 9.87. The van der Waals surface area contributed by atoms with E-state index in [1.54, 1.807) is 0 Å². The van der Waals surface area contributed by atoms with Crippen LogP contribution < -0.4 is 21.7 Å². The minimum atomic E-state index is -1.61. The summed E-state index contributed by atoms with van der Waals surface area (Å²) in [7, 11) is 0. The molecule has 0 aliphatic heterocycles. The number of carboxylic acid groups (broad SMARTS) is 3. The Kier molecular flexibility index (Phi) is 12.2. The lowest BCUT2D eigenvalue weighted by Crippen LogP contribution is -2.58. The van der Waals surface area contributed by atoms with Gasteiger partial charge in [-0.2, -0.15) is 12.6 Å². The van der Waals surface area contributed by atoms with Crippen molar-refractivity contribution in [3.8, 4) is 0 Å². The van der Waals surface area contributed by atoms with Gasteiger partial charge in [0.15, 0.2) is 0 Å². The molecular formula is C17H28N4O9S. The second-order valence-corrected chi connectivity index (χ2v) is 7.38. The van der Waals surface area contributed by atoms with E-state index in [-0.39, 0.29) is 5.75 Å². The lowest BCUT2D eigenvalue weighted by Gasteiger charge is -2.25. The zero-order valence-electron chi connectivity index (χ0n) is 17.0. The summed E-state index contributed by atoms with van der Waals surface area (Å²) in [6, 6.07) is -5.53. The molecule has 0 saturated carbocycles. The van der Waals surface area contributed by atoms with Crippen molar-refractivity contribution >= 4 is 48.3 Å². The zero-order valence-corrected chi connectivity index (χ0v) is 17.9. The Morgan fingerprint density at radius 3 is 1.77 bits per heavy atom.